The van der Waals surface area contributed by atoms with Gasteiger partial charge in [-0.15, -0.1) is 10.2 Å². The molecule has 9 heteroatoms. The van der Waals surface area contributed by atoms with Gasteiger partial charge in [0.2, 0.25) is 0 Å². The maximum absolute atomic E-state index is 10.2. The van der Waals surface area contributed by atoms with E-state index in [-0.39, 0.29) is 5.75 Å². The van der Waals surface area contributed by atoms with Crippen molar-refractivity contribution >= 4 is 11.4 Å². The zero-order chi connectivity index (χ0) is 27.9. The number of para-hydroxylation sites is 1. The van der Waals surface area contributed by atoms with Crippen molar-refractivity contribution in [3.8, 4) is 17.0 Å². The fraction of sp³-hybridized carbons (Fsp3) is 0.613. The number of aromatic hydroxyl groups is 1. The molecular formula is C31H47N7O2. The van der Waals surface area contributed by atoms with Crippen LogP contribution in [-0.4, -0.2) is 78.3 Å². The highest BCUT2D eigenvalue weighted by Crippen LogP contribution is 2.33. The molecule has 5 N–H and O–H groups in total. The number of anilines is 1. The molecule has 2 aromatic rings. The van der Waals surface area contributed by atoms with Gasteiger partial charge < -0.3 is 30.8 Å². The van der Waals surface area contributed by atoms with Crippen molar-refractivity contribution in [1.29, 1.82) is 0 Å². The molecule has 0 spiro atoms. The summed E-state index contributed by atoms with van der Waals surface area (Å²) in [6.45, 7) is 9.83. The predicted octanol–water partition coefficient (Wildman–Crippen LogP) is 3.99. The van der Waals surface area contributed by atoms with Gasteiger partial charge in [0, 0.05) is 37.0 Å². The van der Waals surface area contributed by atoms with Crippen LogP contribution in [0.2, 0.25) is 0 Å². The molecule has 1 aliphatic carbocycles. The SMILES string of the molecule is CC1CC(OC2CCNCC2)C1.CNc1nnc(-c2ccccc2O)cc1C1=CN(C(C)C2CCNCC2)NC1. The minimum Gasteiger partial charge on any atom is -0.507 e. The lowest BCUT2D eigenvalue weighted by atomic mass is 9.84. The van der Waals surface area contributed by atoms with Gasteiger partial charge in [0.1, 0.15) is 5.75 Å². The van der Waals surface area contributed by atoms with Crippen LogP contribution in [0, 0.1) is 11.8 Å². The first-order valence-electron chi connectivity index (χ1n) is 15.2. The molecule has 1 aromatic heterocycles. The van der Waals surface area contributed by atoms with Crippen molar-refractivity contribution in [2.75, 3.05) is 45.1 Å². The Morgan fingerprint density at radius 2 is 1.68 bits per heavy atom. The third kappa shape index (κ3) is 7.13. The van der Waals surface area contributed by atoms with Gasteiger partial charge >= 0.3 is 0 Å². The second kappa shape index (κ2) is 13.8. The van der Waals surface area contributed by atoms with Crippen LogP contribution in [0.15, 0.2) is 36.5 Å². The lowest BCUT2D eigenvalue weighted by Crippen LogP contribution is -2.44. The Bertz CT molecular complexity index is 1120. The molecule has 1 atom stereocenters. The molecule has 1 saturated carbocycles. The first kappa shape index (κ1) is 28.8. The zero-order valence-electron chi connectivity index (χ0n) is 24.3. The quantitative estimate of drug-likeness (QED) is 0.350. The minimum absolute atomic E-state index is 0.208. The van der Waals surface area contributed by atoms with Crippen LogP contribution in [-0.2, 0) is 4.74 Å². The molecule has 1 aromatic carbocycles. The van der Waals surface area contributed by atoms with Gasteiger partial charge in [0.15, 0.2) is 5.82 Å². The molecule has 4 aliphatic rings. The molecule has 4 heterocycles. The summed E-state index contributed by atoms with van der Waals surface area (Å²) in [6.07, 6.45) is 10.8. The van der Waals surface area contributed by atoms with Crippen LogP contribution in [0.5, 0.6) is 5.75 Å². The number of benzene rings is 1. The van der Waals surface area contributed by atoms with E-state index < -0.39 is 0 Å². The number of hydrogen-bond acceptors (Lipinski definition) is 9. The second-order valence-electron chi connectivity index (χ2n) is 11.8. The van der Waals surface area contributed by atoms with E-state index in [9.17, 15) is 5.11 Å². The number of phenolic OH excluding ortho intramolecular Hbond substituents is 1. The largest absolute Gasteiger partial charge is 0.507 e. The molecule has 0 amide bonds. The lowest BCUT2D eigenvalue weighted by molar-refractivity contribution is -0.0808. The average Bonchev–Trinajstić information content (AvgIpc) is 3.48. The van der Waals surface area contributed by atoms with Crippen molar-refractivity contribution in [3.05, 3.63) is 42.1 Å². The lowest BCUT2D eigenvalue weighted by Gasteiger charge is -2.36. The molecule has 40 heavy (non-hydrogen) atoms. The summed E-state index contributed by atoms with van der Waals surface area (Å²) >= 11 is 0. The average molecular weight is 550 g/mol. The van der Waals surface area contributed by atoms with E-state index in [2.05, 4.69) is 56.6 Å². The van der Waals surface area contributed by atoms with Crippen molar-refractivity contribution < 1.29 is 9.84 Å². The normalized spacial score (nSPS) is 24.5. The fourth-order valence-corrected chi connectivity index (χ4v) is 6.20. The number of nitrogens with zero attached hydrogens (tertiary/aromatic N) is 3. The molecule has 3 aliphatic heterocycles. The molecule has 0 bridgehead atoms. The van der Waals surface area contributed by atoms with Crippen LogP contribution in [0.3, 0.4) is 0 Å². The van der Waals surface area contributed by atoms with Gasteiger partial charge in [-0.25, -0.2) is 5.43 Å². The number of phenols is 1. The fourth-order valence-electron chi connectivity index (χ4n) is 6.20. The van der Waals surface area contributed by atoms with Crippen molar-refractivity contribution in [3.63, 3.8) is 0 Å². The third-order valence-corrected chi connectivity index (χ3v) is 8.81. The summed E-state index contributed by atoms with van der Waals surface area (Å²) in [5.41, 5.74) is 7.04. The first-order chi connectivity index (χ1) is 19.5. The van der Waals surface area contributed by atoms with Crippen molar-refractivity contribution in [2.45, 2.75) is 70.6 Å². The second-order valence-corrected chi connectivity index (χ2v) is 11.8. The summed E-state index contributed by atoms with van der Waals surface area (Å²) < 4.78 is 5.96. The van der Waals surface area contributed by atoms with Crippen molar-refractivity contribution in [2.24, 2.45) is 11.8 Å². The number of ether oxygens (including phenoxy) is 1. The summed E-state index contributed by atoms with van der Waals surface area (Å²) in [7, 11) is 1.85. The molecule has 2 saturated heterocycles. The van der Waals surface area contributed by atoms with E-state index in [0.29, 0.717) is 35.4 Å². The van der Waals surface area contributed by atoms with Gasteiger partial charge in [-0.3, -0.25) is 0 Å². The number of rotatable bonds is 7. The van der Waals surface area contributed by atoms with Crippen LogP contribution in [0.4, 0.5) is 5.82 Å². The third-order valence-electron chi connectivity index (χ3n) is 8.81. The standard InChI is InChI=1S/C21H28N6O.C10H19NO/c1-14(15-7-9-23-10-8-15)27-13-16(12-24-27)18-11-19(25-26-21(18)22-2)17-5-3-4-6-20(17)28;1-8-6-10(7-8)12-9-2-4-11-5-3-9/h3-6,11,13-15,23-24,28H,7-10,12H2,1-2H3,(H,22,26);8-11H,2-7H2,1H3. The Labute approximate surface area is 239 Å². The molecule has 1 unspecified atom stereocenters. The van der Waals surface area contributed by atoms with Gasteiger partial charge in [-0.2, -0.15) is 0 Å². The van der Waals surface area contributed by atoms with Gasteiger partial charge in [0.25, 0.3) is 0 Å². The molecule has 218 valence electrons. The van der Waals surface area contributed by atoms with Crippen molar-refractivity contribution in [1.82, 2.24) is 31.3 Å². The van der Waals surface area contributed by atoms with Gasteiger partial charge in [0.05, 0.1) is 17.9 Å². The maximum atomic E-state index is 10.2. The van der Waals surface area contributed by atoms with Crippen LogP contribution >= 0.6 is 0 Å². The highest BCUT2D eigenvalue weighted by molar-refractivity contribution is 5.79. The van der Waals surface area contributed by atoms with E-state index in [1.807, 2.05) is 25.2 Å². The Hall–Kier alpha value is -2.72. The van der Waals surface area contributed by atoms with E-state index >= 15 is 0 Å². The van der Waals surface area contributed by atoms with E-state index in [4.69, 9.17) is 4.74 Å². The first-order valence-corrected chi connectivity index (χ1v) is 15.2. The summed E-state index contributed by atoms with van der Waals surface area (Å²) in [5, 5.41) is 31.0. The number of aromatic nitrogens is 2. The molecule has 6 rings (SSSR count). The molecule has 9 nitrogen and oxygen atoms in total. The Morgan fingerprint density at radius 1 is 0.975 bits per heavy atom. The van der Waals surface area contributed by atoms with Gasteiger partial charge in [-0.1, -0.05) is 19.1 Å². The topological polar surface area (TPSA) is 107 Å². The van der Waals surface area contributed by atoms with Crippen LogP contribution in [0.1, 0.15) is 57.9 Å². The monoisotopic (exact) mass is 549 g/mol. The summed E-state index contributed by atoms with van der Waals surface area (Å²) in [6, 6.07) is 9.65. The van der Waals surface area contributed by atoms with E-state index in [1.54, 1.807) is 12.1 Å². The zero-order valence-corrected chi connectivity index (χ0v) is 24.3. The number of nitrogens with one attached hydrogen (secondary N) is 4. The summed E-state index contributed by atoms with van der Waals surface area (Å²) in [4.78, 5) is 0. The molecule has 0 radical (unpaired) electrons. The van der Waals surface area contributed by atoms with Crippen LogP contribution < -0.4 is 21.4 Å². The van der Waals surface area contributed by atoms with Crippen LogP contribution in [0.25, 0.3) is 16.8 Å². The maximum Gasteiger partial charge on any atom is 0.156 e. The van der Waals surface area contributed by atoms with E-state index in [0.717, 1.165) is 55.6 Å². The minimum atomic E-state index is 0.208. The Kier molecular flexibility index (Phi) is 9.91. The van der Waals surface area contributed by atoms with Gasteiger partial charge in [-0.05, 0) is 107 Å². The number of hydrogen-bond donors (Lipinski definition) is 5. The molecular weight excluding hydrogens is 502 g/mol. The highest BCUT2D eigenvalue weighted by Gasteiger charge is 2.29. The predicted molar refractivity (Wildman–Crippen MR) is 161 cm³/mol. The highest BCUT2D eigenvalue weighted by atomic mass is 16.5. The van der Waals surface area contributed by atoms with E-state index in [1.165, 1.54) is 38.5 Å². The number of hydrazine groups is 1. The Balaban J connectivity index is 0.000000223. The smallest absolute Gasteiger partial charge is 0.156 e. The summed E-state index contributed by atoms with van der Waals surface area (Å²) in [5.74, 6) is 2.54. The molecule has 3 fully saturated rings. The number of piperidine rings is 2. The Morgan fingerprint density at radius 3 is 2.35 bits per heavy atom.